The maximum atomic E-state index is 12.5. The first-order valence-corrected chi connectivity index (χ1v) is 8.66. The van der Waals surface area contributed by atoms with Gasteiger partial charge in [-0.1, -0.05) is 61.0 Å². The molecule has 128 valence electrons. The fourth-order valence-corrected chi connectivity index (χ4v) is 2.87. The molecule has 0 unspecified atom stereocenters. The molecule has 0 aliphatic heterocycles. The second-order valence-corrected chi connectivity index (χ2v) is 6.25. The van der Waals surface area contributed by atoms with Gasteiger partial charge in [0.25, 0.3) is 5.91 Å². The predicted molar refractivity (Wildman–Crippen MR) is 99.8 cm³/mol. The quantitative estimate of drug-likeness (QED) is 0.726. The number of benzene rings is 2. The van der Waals surface area contributed by atoms with Gasteiger partial charge in [0.2, 0.25) is 0 Å². The van der Waals surface area contributed by atoms with Gasteiger partial charge in [-0.25, -0.2) is 0 Å². The fraction of sp³-hybridized carbons (Fsp3) is 0.200. The van der Waals surface area contributed by atoms with E-state index < -0.39 is 0 Å². The van der Waals surface area contributed by atoms with Gasteiger partial charge in [-0.15, -0.1) is 0 Å². The monoisotopic (exact) mass is 353 g/mol. The Morgan fingerprint density at radius 1 is 1.08 bits per heavy atom. The van der Waals surface area contributed by atoms with E-state index in [0.29, 0.717) is 23.7 Å². The van der Waals surface area contributed by atoms with Crippen molar-refractivity contribution in [2.75, 3.05) is 0 Å². The molecule has 1 amide bonds. The molecule has 0 fully saturated rings. The van der Waals surface area contributed by atoms with Gasteiger partial charge in [-0.05, 0) is 29.7 Å². The second-order valence-electron chi connectivity index (χ2n) is 5.81. The largest absolute Gasteiger partial charge is 0.348 e. The Labute approximate surface area is 152 Å². The van der Waals surface area contributed by atoms with Crippen molar-refractivity contribution in [3.05, 3.63) is 88.2 Å². The van der Waals surface area contributed by atoms with E-state index in [-0.39, 0.29) is 5.91 Å². The third kappa shape index (κ3) is 4.28. The van der Waals surface area contributed by atoms with Crippen molar-refractivity contribution >= 4 is 17.5 Å². The van der Waals surface area contributed by atoms with Crippen molar-refractivity contribution < 1.29 is 4.79 Å². The summed E-state index contributed by atoms with van der Waals surface area (Å²) >= 11 is 5.88. The molecule has 5 heteroatoms. The zero-order valence-corrected chi connectivity index (χ0v) is 14.8. The molecule has 0 spiro atoms. The SMILES string of the molecule is CCc1c(C(=O)NCc2ccc(Cl)cc2)cnn1Cc1ccccc1. The number of nitrogens with one attached hydrogen (secondary N) is 1. The van der Waals surface area contributed by atoms with Crippen LogP contribution in [0.1, 0.15) is 34.1 Å². The number of nitrogens with zero attached hydrogens (tertiary/aromatic N) is 2. The van der Waals surface area contributed by atoms with Crippen LogP contribution >= 0.6 is 11.6 Å². The number of rotatable bonds is 6. The molecule has 3 aromatic rings. The highest BCUT2D eigenvalue weighted by Crippen LogP contribution is 2.13. The number of hydrogen-bond donors (Lipinski definition) is 1. The fourth-order valence-electron chi connectivity index (χ4n) is 2.75. The lowest BCUT2D eigenvalue weighted by Crippen LogP contribution is -2.23. The second kappa shape index (κ2) is 7.99. The summed E-state index contributed by atoms with van der Waals surface area (Å²) in [5.41, 5.74) is 3.74. The van der Waals surface area contributed by atoms with Crippen LogP contribution < -0.4 is 5.32 Å². The van der Waals surface area contributed by atoms with E-state index >= 15 is 0 Å². The summed E-state index contributed by atoms with van der Waals surface area (Å²) in [4.78, 5) is 12.5. The minimum atomic E-state index is -0.105. The smallest absolute Gasteiger partial charge is 0.255 e. The summed E-state index contributed by atoms with van der Waals surface area (Å²) in [6, 6.07) is 17.6. The maximum Gasteiger partial charge on any atom is 0.255 e. The summed E-state index contributed by atoms with van der Waals surface area (Å²) in [5.74, 6) is -0.105. The molecule has 0 radical (unpaired) electrons. The maximum absolute atomic E-state index is 12.5. The molecule has 2 aromatic carbocycles. The van der Waals surface area contributed by atoms with Crippen molar-refractivity contribution in [2.24, 2.45) is 0 Å². The van der Waals surface area contributed by atoms with Crippen molar-refractivity contribution in [1.82, 2.24) is 15.1 Å². The Hall–Kier alpha value is -2.59. The van der Waals surface area contributed by atoms with E-state index in [1.54, 1.807) is 6.20 Å². The molecule has 3 rings (SSSR count). The molecule has 4 nitrogen and oxygen atoms in total. The zero-order chi connectivity index (χ0) is 17.6. The highest BCUT2D eigenvalue weighted by molar-refractivity contribution is 6.30. The third-order valence-electron chi connectivity index (χ3n) is 4.07. The van der Waals surface area contributed by atoms with E-state index in [9.17, 15) is 4.79 Å². The van der Waals surface area contributed by atoms with Crippen LogP contribution in [0.5, 0.6) is 0 Å². The van der Waals surface area contributed by atoms with Crippen LogP contribution in [0.3, 0.4) is 0 Å². The van der Waals surface area contributed by atoms with Crippen LogP contribution in [-0.4, -0.2) is 15.7 Å². The van der Waals surface area contributed by atoms with Gasteiger partial charge >= 0.3 is 0 Å². The Balaban J connectivity index is 1.71. The molecule has 0 saturated carbocycles. The lowest BCUT2D eigenvalue weighted by Gasteiger charge is -2.09. The molecule has 1 heterocycles. The minimum absolute atomic E-state index is 0.105. The molecule has 1 N–H and O–H groups in total. The van der Waals surface area contributed by atoms with Gasteiger partial charge in [-0.2, -0.15) is 5.10 Å². The number of carbonyl (C=O) groups excluding carboxylic acids is 1. The van der Waals surface area contributed by atoms with Crippen molar-refractivity contribution in [3.8, 4) is 0 Å². The molecule has 0 aliphatic carbocycles. The Kier molecular flexibility index (Phi) is 5.51. The average Bonchev–Trinajstić information content (AvgIpc) is 3.04. The molecule has 25 heavy (non-hydrogen) atoms. The number of hydrogen-bond acceptors (Lipinski definition) is 2. The van der Waals surface area contributed by atoms with Crippen LogP contribution in [0, 0.1) is 0 Å². The van der Waals surface area contributed by atoms with Crippen molar-refractivity contribution in [1.29, 1.82) is 0 Å². The predicted octanol–water partition coefficient (Wildman–Crippen LogP) is 4.08. The number of halogens is 1. The summed E-state index contributed by atoms with van der Waals surface area (Å²) < 4.78 is 1.90. The van der Waals surface area contributed by atoms with E-state index in [1.807, 2.05) is 54.1 Å². The first kappa shape index (κ1) is 17.2. The first-order chi connectivity index (χ1) is 12.2. The van der Waals surface area contributed by atoms with E-state index in [4.69, 9.17) is 11.6 Å². The lowest BCUT2D eigenvalue weighted by atomic mass is 10.1. The van der Waals surface area contributed by atoms with Crippen molar-refractivity contribution in [3.63, 3.8) is 0 Å². The Morgan fingerprint density at radius 3 is 2.48 bits per heavy atom. The number of aromatic nitrogens is 2. The summed E-state index contributed by atoms with van der Waals surface area (Å²) in [6.45, 7) is 3.16. The molecular weight excluding hydrogens is 334 g/mol. The topological polar surface area (TPSA) is 46.9 Å². The number of amides is 1. The number of carbonyl (C=O) groups is 1. The van der Waals surface area contributed by atoms with E-state index in [2.05, 4.69) is 22.5 Å². The van der Waals surface area contributed by atoms with Crippen LogP contribution in [0.15, 0.2) is 60.8 Å². The van der Waals surface area contributed by atoms with Crippen molar-refractivity contribution in [2.45, 2.75) is 26.4 Å². The molecule has 1 aromatic heterocycles. The van der Waals surface area contributed by atoms with Crippen LogP contribution in [0.4, 0.5) is 0 Å². The Bertz CT molecular complexity index is 841. The van der Waals surface area contributed by atoms with Crippen LogP contribution in [0.2, 0.25) is 5.02 Å². The van der Waals surface area contributed by atoms with E-state index in [0.717, 1.165) is 23.2 Å². The lowest BCUT2D eigenvalue weighted by molar-refractivity contribution is 0.0950. The van der Waals surface area contributed by atoms with E-state index in [1.165, 1.54) is 0 Å². The van der Waals surface area contributed by atoms with Gasteiger partial charge in [-0.3, -0.25) is 9.48 Å². The molecular formula is C20H20ClN3O. The first-order valence-electron chi connectivity index (χ1n) is 8.28. The summed E-state index contributed by atoms with van der Waals surface area (Å²) in [6.07, 6.45) is 2.40. The average molecular weight is 354 g/mol. The van der Waals surface area contributed by atoms with Gasteiger partial charge < -0.3 is 5.32 Å². The standard InChI is InChI=1S/C20H20ClN3O/c1-2-19-18(13-23-24(19)14-16-6-4-3-5-7-16)20(25)22-12-15-8-10-17(21)11-9-15/h3-11,13H,2,12,14H2,1H3,(H,22,25). The van der Waals surface area contributed by atoms with Crippen LogP contribution in [0.25, 0.3) is 0 Å². The van der Waals surface area contributed by atoms with Gasteiger partial charge in [0.15, 0.2) is 0 Å². The van der Waals surface area contributed by atoms with Gasteiger partial charge in [0.1, 0.15) is 0 Å². The highest BCUT2D eigenvalue weighted by Gasteiger charge is 2.16. The van der Waals surface area contributed by atoms with Crippen LogP contribution in [-0.2, 0) is 19.5 Å². The third-order valence-corrected chi connectivity index (χ3v) is 4.32. The zero-order valence-electron chi connectivity index (χ0n) is 14.1. The van der Waals surface area contributed by atoms with Gasteiger partial charge in [0.05, 0.1) is 24.0 Å². The minimum Gasteiger partial charge on any atom is -0.348 e. The molecule has 0 bridgehead atoms. The van der Waals surface area contributed by atoms with Gasteiger partial charge in [0, 0.05) is 11.6 Å². The summed E-state index contributed by atoms with van der Waals surface area (Å²) in [5, 5.41) is 8.05. The molecule has 0 saturated heterocycles. The Morgan fingerprint density at radius 2 is 1.80 bits per heavy atom. The normalized spacial score (nSPS) is 10.6. The molecule has 0 atom stereocenters. The molecule has 0 aliphatic rings. The highest BCUT2D eigenvalue weighted by atomic mass is 35.5. The summed E-state index contributed by atoms with van der Waals surface area (Å²) in [7, 11) is 0.